The fourth-order valence-electron chi connectivity index (χ4n) is 4.55. The highest BCUT2D eigenvalue weighted by atomic mass is 16.5. The SMILES string of the molecule is COc1ccc(CCNC2=C(c3ccc(OC)c(OC)c3)C(=O)c3cc(OC)c(OC)cc3C2=O)cc1OC. The molecule has 4 rings (SSSR count). The number of nitrogens with one attached hydrogen (secondary N) is 1. The summed E-state index contributed by atoms with van der Waals surface area (Å²) >= 11 is 0. The number of fused-ring (bicyclic) bond motifs is 1. The molecule has 1 aliphatic rings. The Morgan fingerprint density at radius 2 is 1.05 bits per heavy atom. The van der Waals surface area contributed by atoms with Crippen molar-refractivity contribution in [2.24, 2.45) is 0 Å². The fraction of sp³-hybridized carbons (Fsp3) is 0.267. The maximum atomic E-state index is 13.9. The molecule has 0 bridgehead atoms. The Hall–Kier alpha value is -4.66. The van der Waals surface area contributed by atoms with Crippen LogP contribution in [-0.2, 0) is 6.42 Å². The molecule has 9 heteroatoms. The molecule has 0 unspecified atom stereocenters. The van der Waals surface area contributed by atoms with Gasteiger partial charge in [-0.15, -0.1) is 0 Å². The summed E-state index contributed by atoms with van der Waals surface area (Å²) in [5, 5.41) is 3.23. The van der Waals surface area contributed by atoms with Crippen LogP contribution in [0.1, 0.15) is 31.8 Å². The highest BCUT2D eigenvalue weighted by Crippen LogP contribution is 2.40. The van der Waals surface area contributed by atoms with Crippen molar-refractivity contribution in [3.63, 3.8) is 0 Å². The van der Waals surface area contributed by atoms with Gasteiger partial charge in [-0.25, -0.2) is 0 Å². The molecule has 0 aromatic heterocycles. The molecule has 1 aliphatic carbocycles. The van der Waals surface area contributed by atoms with Gasteiger partial charge in [-0.1, -0.05) is 12.1 Å². The molecule has 39 heavy (non-hydrogen) atoms. The Bertz CT molecular complexity index is 1440. The number of carbonyl (C=O) groups excluding carboxylic acids is 2. The first kappa shape index (κ1) is 27.4. The minimum Gasteiger partial charge on any atom is -0.493 e. The lowest BCUT2D eigenvalue weighted by atomic mass is 9.83. The van der Waals surface area contributed by atoms with Crippen LogP contribution in [0.15, 0.2) is 54.2 Å². The smallest absolute Gasteiger partial charge is 0.210 e. The molecule has 204 valence electrons. The molecule has 0 amide bonds. The van der Waals surface area contributed by atoms with E-state index in [4.69, 9.17) is 28.4 Å². The zero-order valence-corrected chi connectivity index (χ0v) is 22.8. The summed E-state index contributed by atoms with van der Waals surface area (Å²) in [6.07, 6.45) is 0.559. The van der Waals surface area contributed by atoms with Crippen LogP contribution in [0.2, 0.25) is 0 Å². The highest BCUT2D eigenvalue weighted by molar-refractivity contribution is 6.40. The van der Waals surface area contributed by atoms with E-state index in [0.717, 1.165) is 5.56 Å². The van der Waals surface area contributed by atoms with Crippen LogP contribution >= 0.6 is 0 Å². The molecule has 9 nitrogen and oxygen atoms in total. The van der Waals surface area contributed by atoms with Crippen LogP contribution in [0.3, 0.4) is 0 Å². The van der Waals surface area contributed by atoms with Crippen molar-refractivity contribution in [3.05, 3.63) is 76.5 Å². The average Bonchev–Trinajstić information content (AvgIpc) is 2.98. The molecule has 0 radical (unpaired) electrons. The van der Waals surface area contributed by atoms with Gasteiger partial charge in [-0.2, -0.15) is 0 Å². The van der Waals surface area contributed by atoms with E-state index in [2.05, 4.69) is 5.32 Å². The highest BCUT2D eigenvalue weighted by Gasteiger charge is 2.35. The van der Waals surface area contributed by atoms with Crippen LogP contribution < -0.4 is 33.7 Å². The number of Topliss-reactive ketones (excluding diaryl/α,β-unsaturated/α-hetero) is 2. The zero-order chi connectivity index (χ0) is 28.1. The Labute approximate surface area is 227 Å². The molecule has 0 atom stereocenters. The topological polar surface area (TPSA) is 102 Å². The zero-order valence-electron chi connectivity index (χ0n) is 22.8. The van der Waals surface area contributed by atoms with E-state index < -0.39 is 0 Å². The lowest BCUT2D eigenvalue weighted by Gasteiger charge is -2.24. The number of benzene rings is 3. The molecular formula is C30H31NO8. The third-order valence-electron chi connectivity index (χ3n) is 6.55. The molecule has 0 aliphatic heterocycles. The Morgan fingerprint density at radius 1 is 0.564 bits per heavy atom. The monoisotopic (exact) mass is 533 g/mol. The minimum atomic E-state index is -0.331. The van der Waals surface area contributed by atoms with E-state index in [1.165, 1.54) is 40.6 Å². The minimum absolute atomic E-state index is 0.187. The number of ether oxygens (including phenoxy) is 6. The predicted molar refractivity (Wildman–Crippen MR) is 146 cm³/mol. The lowest BCUT2D eigenvalue weighted by molar-refractivity contribution is 0.0985. The van der Waals surface area contributed by atoms with Crippen molar-refractivity contribution in [1.82, 2.24) is 5.32 Å². The molecule has 3 aromatic carbocycles. The third kappa shape index (κ3) is 5.20. The number of allylic oxidation sites excluding steroid dienone is 2. The van der Waals surface area contributed by atoms with E-state index in [1.807, 2.05) is 18.2 Å². The normalized spacial score (nSPS) is 12.6. The van der Waals surface area contributed by atoms with E-state index in [9.17, 15) is 9.59 Å². The molecule has 0 heterocycles. The summed E-state index contributed by atoms with van der Waals surface area (Å²) in [6.45, 7) is 0.378. The first-order chi connectivity index (χ1) is 18.9. The standard InChI is InChI=1S/C30H31NO8/c1-34-21-9-7-17(13-23(21)36-3)11-12-31-28-27(18-8-10-22(35-2)24(14-18)37-4)29(32)19-15-25(38-5)26(39-6)16-20(19)30(28)33/h7-10,13-16,31H,11-12H2,1-6H3. The second-order valence-electron chi connectivity index (χ2n) is 8.60. The second kappa shape index (κ2) is 11.8. The number of ketones is 2. The van der Waals surface area contributed by atoms with Gasteiger partial charge in [-0.05, 0) is 53.9 Å². The van der Waals surface area contributed by atoms with E-state index in [0.29, 0.717) is 53.0 Å². The molecular weight excluding hydrogens is 502 g/mol. The van der Waals surface area contributed by atoms with Gasteiger partial charge in [0.2, 0.25) is 5.78 Å². The lowest BCUT2D eigenvalue weighted by Crippen LogP contribution is -2.31. The van der Waals surface area contributed by atoms with Crippen LogP contribution in [0.25, 0.3) is 5.57 Å². The second-order valence-corrected chi connectivity index (χ2v) is 8.60. The maximum absolute atomic E-state index is 13.9. The summed E-state index contributed by atoms with van der Waals surface area (Å²) in [7, 11) is 9.16. The number of hydrogen-bond donors (Lipinski definition) is 1. The number of hydrogen-bond acceptors (Lipinski definition) is 9. The van der Waals surface area contributed by atoms with Gasteiger partial charge in [0.05, 0.1) is 53.9 Å². The average molecular weight is 534 g/mol. The van der Waals surface area contributed by atoms with Gasteiger partial charge in [0, 0.05) is 17.7 Å². The third-order valence-corrected chi connectivity index (χ3v) is 6.55. The quantitative estimate of drug-likeness (QED) is 0.385. The predicted octanol–water partition coefficient (Wildman–Crippen LogP) is 4.36. The van der Waals surface area contributed by atoms with Crippen LogP contribution in [-0.4, -0.2) is 60.8 Å². The first-order valence-electron chi connectivity index (χ1n) is 12.2. The molecule has 0 saturated carbocycles. The molecule has 0 spiro atoms. The van der Waals surface area contributed by atoms with Gasteiger partial charge < -0.3 is 33.7 Å². The summed E-state index contributed by atoms with van der Waals surface area (Å²) in [6, 6.07) is 13.8. The Kier molecular flexibility index (Phi) is 8.29. The fourth-order valence-corrected chi connectivity index (χ4v) is 4.55. The van der Waals surface area contributed by atoms with Crippen molar-refractivity contribution in [2.45, 2.75) is 6.42 Å². The number of rotatable bonds is 11. The molecule has 0 fully saturated rings. The summed E-state index contributed by atoms with van der Waals surface area (Å²) < 4.78 is 32.3. The first-order valence-corrected chi connectivity index (χ1v) is 12.2. The Balaban J connectivity index is 1.77. The summed E-state index contributed by atoms with van der Waals surface area (Å²) in [5.41, 5.74) is 2.36. The van der Waals surface area contributed by atoms with E-state index in [1.54, 1.807) is 32.4 Å². The van der Waals surface area contributed by atoms with E-state index >= 15 is 0 Å². The van der Waals surface area contributed by atoms with Crippen LogP contribution in [0, 0.1) is 0 Å². The van der Waals surface area contributed by atoms with Crippen molar-refractivity contribution < 1.29 is 38.0 Å². The van der Waals surface area contributed by atoms with Gasteiger partial charge in [0.25, 0.3) is 0 Å². The van der Waals surface area contributed by atoms with Gasteiger partial charge in [0.1, 0.15) is 0 Å². The summed E-state index contributed by atoms with van der Waals surface area (Å²) in [5.74, 6) is 2.23. The largest absolute Gasteiger partial charge is 0.493 e. The van der Waals surface area contributed by atoms with E-state index in [-0.39, 0.29) is 34.0 Å². The van der Waals surface area contributed by atoms with Gasteiger partial charge >= 0.3 is 0 Å². The number of methoxy groups -OCH3 is 6. The molecule has 1 N–H and O–H groups in total. The van der Waals surface area contributed by atoms with Gasteiger partial charge in [0.15, 0.2) is 40.3 Å². The summed E-state index contributed by atoms with van der Waals surface area (Å²) in [4.78, 5) is 27.8. The molecule has 0 saturated heterocycles. The number of carbonyl (C=O) groups is 2. The van der Waals surface area contributed by atoms with Gasteiger partial charge in [-0.3, -0.25) is 9.59 Å². The van der Waals surface area contributed by atoms with Crippen molar-refractivity contribution in [1.29, 1.82) is 0 Å². The molecule has 3 aromatic rings. The van der Waals surface area contributed by atoms with Crippen molar-refractivity contribution in [3.8, 4) is 34.5 Å². The van der Waals surface area contributed by atoms with Crippen molar-refractivity contribution in [2.75, 3.05) is 49.2 Å². The maximum Gasteiger partial charge on any atom is 0.210 e. The van der Waals surface area contributed by atoms with Crippen molar-refractivity contribution >= 4 is 17.1 Å². The Morgan fingerprint density at radius 3 is 1.62 bits per heavy atom. The van der Waals surface area contributed by atoms with Crippen LogP contribution in [0.4, 0.5) is 0 Å². The van der Waals surface area contributed by atoms with Crippen LogP contribution in [0.5, 0.6) is 34.5 Å².